The van der Waals surface area contributed by atoms with E-state index in [1.807, 2.05) is 25.1 Å². The number of hydrogen-bond acceptors (Lipinski definition) is 2. The van der Waals surface area contributed by atoms with Crippen LogP contribution in [0.4, 0.5) is 0 Å². The van der Waals surface area contributed by atoms with Gasteiger partial charge in [0.25, 0.3) is 5.56 Å². The number of benzene rings is 1. The van der Waals surface area contributed by atoms with Gasteiger partial charge in [-0.3, -0.25) is 4.79 Å². The van der Waals surface area contributed by atoms with E-state index in [9.17, 15) is 4.79 Å². The van der Waals surface area contributed by atoms with Crippen LogP contribution in [0.5, 0.6) is 0 Å². The van der Waals surface area contributed by atoms with E-state index in [2.05, 4.69) is 5.10 Å². The summed E-state index contributed by atoms with van der Waals surface area (Å²) in [5, 5.41) is 4.11. The van der Waals surface area contributed by atoms with E-state index in [0.29, 0.717) is 5.69 Å². The second kappa shape index (κ2) is 4.28. The standard InChI is InChI=1S/C11H8Cl2N2O/c1-7-4-2-3-5-9(7)15-11(16)10(13)8(12)6-14-15/h2-6H,1H3. The largest absolute Gasteiger partial charge is 0.291 e. The lowest BCUT2D eigenvalue weighted by Gasteiger charge is -2.07. The predicted molar refractivity (Wildman–Crippen MR) is 64.6 cm³/mol. The monoisotopic (exact) mass is 254 g/mol. The van der Waals surface area contributed by atoms with Crippen LogP contribution in [0.25, 0.3) is 5.69 Å². The zero-order valence-electron chi connectivity index (χ0n) is 8.45. The predicted octanol–water partition coefficient (Wildman–Crippen LogP) is 2.85. The lowest BCUT2D eigenvalue weighted by Crippen LogP contribution is -2.22. The van der Waals surface area contributed by atoms with E-state index in [4.69, 9.17) is 23.2 Å². The number of aryl methyl sites for hydroxylation is 1. The Bertz CT molecular complexity index is 593. The van der Waals surface area contributed by atoms with Crippen LogP contribution < -0.4 is 5.56 Å². The minimum atomic E-state index is -0.413. The Morgan fingerprint density at radius 2 is 1.94 bits per heavy atom. The Labute approximate surface area is 102 Å². The molecule has 0 aliphatic rings. The maximum Gasteiger partial charge on any atom is 0.291 e. The van der Waals surface area contributed by atoms with E-state index in [0.717, 1.165) is 5.56 Å². The zero-order valence-corrected chi connectivity index (χ0v) is 9.96. The zero-order chi connectivity index (χ0) is 11.7. The number of rotatable bonds is 1. The van der Waals surface area contributed by atoms with Gasteiger partial charge in [-0.2, -0.15) is 9.78 Å². The van der Waals surface area contributed by atoms with Crippen molar-refractivity contribution < 1.29 is 0 Å². The smallest absolute Gasteiger partial charge is 0.266 e. The summed E-state index contributed by atoms with van der Waals surface area (Å²) in [6.07, 6.45) is 1.36. The highest BCUT2D eigenvalue weighted by atomic mass is 35.5. The molecule has 0 saturated carbocycles. The number of nitrogens with zero attached hydrogens (tertiary/aromatic N) is 2. The third-order valence-electron chi connectivity index (χ3n) is 2.22. The molecule has 0 radical (unpaired) electrons. The summed E-state index contributed by atoms with van der Waals surface area (Å²) in [5.41, 5.74) is 1.23. The number of para-hydroxylation sites is 1. The number of aromatic nitrogens is 2. The lowest BCUT2D eigenvalue weighted by molar-refractivity contribution is 0.802. The van der Waals surface area contributed by atoms with Gasteiger partial charge in [-0.15, -0.1) is 0 Å². The molecule has 0 bridgehead atoms. The topological polar surface area (TPSA) is 34.9 Å². The third-order valence-corrected chi connectivity index (χ3v) is 2.97. The average Bonchev–Trinajstić information content (AvgIpc) is 2.28. The molecule has 16 heavy (non-hydrogen) atoms. The van der Waals surface area contributed by atoms with Crippen LogP contribution in [-0.2, 0) is 0 Å². The molecule has 3 nitrogen and oxygen atoms in total. The normalized spacial score (nSPS) is 10.4. The first-order chi connectivity index (χ1) is 7.61. The Morgan fingerprint density at radius 3 is 2.62 bits per heavy atom. The summed E-state index contributed by atoms with van der Waals surface area (Å²) in [6, 6.07) is 7.42. The van der Waals surface area contributed by atoms with Crippen molar-refractivity contribution in [2.75, 3.05) is 0 Å². The minimum absolute atomic E-state index is 0.0140. The molecule has 0 fully saturated rings. The Hall–Kier alpha value is -1.32. The summed E-state index contributed by atoms with van der Waals surface area (Å²) in [7, 11) is 0. The van der Waals surface area contributed by atoms with Crippen molar-refractivity contribution in [2.24, 2.45) is 0 Å². The molecule has 0 atom stereocenters. The van der Waals surface area contributed by atoms with Crippen molar-refractivity contribution >= 4 is 23.2 Å². The first kappa shape index (κ1) is 11.2. The molecular formula is C11H8Cl2N2O. The first-order valence-electron chi connectivity index (χ1n) is 4.60. The molecule has 0 amide bonds. The Balaban J connectivity index is 2.72. The molecule has 1 aromatic carbocycles. The van der Waals surface area contributed by atoms with Crippen molar-refractivity contribution in [3.8, 4) is 5.69 Å². The van der Waals surface area contributed by atoms with Gasteiger partial charge in [0.1, 0.15) is 5.02 Å². The quantitative estimate of drug-likeness (QED) is 0.785. The number of halogens is 2. The van der Waals surface area contributed by atoms with E-state index < -0.39 is 5.56 Å². The van der Waals surface area contributed by atoms with Gasteiger partial charge in [-0.25, -0.2) is 0 Å². The molecule has 2 aromatic rings. The van der Waals surface area contributed by atoms with Crippen molar-refractivity contribution in [1.82, 2.24) is 9.78 Å². The molecule has 0 N–H and O–H groups in total. The molecule has 0 aliphatic carbocycles. The van der Waals surface area contributed by atoms with Gasteiger partial charge < -0.3 is 0 Å². The van der Waals surface area contributed by atoms with Gasteiger partial charge in [-0.05, 0) is 18.6 Å². The summed E-state index contributed by atoms with van der Waals surface area (Å²) < 4.78 is 1.24. The van der Waals surface area contributed by atoms with Crippen molar-refractivity contribution in [3.05, 3.63) is 56.4 Å². The second-order valence-electron chi connectivity index (χ2n) is 3.31. The van der Waals surface area contributed by atoms with Crippen LogP contribution >= 0.6 is 23.2 Å². The molecular weight excluding hydrogens is 247 g/mol. The van der Waals surface area contributed by atoms with E-state index in [-0.39, 0.29) is 10.0 Å². The highest BCUT2D eigenvalue weighted by molar-refractivity contribution is 6.41. The highest BCUT2D eigenvalue weighted by Crippen LogP contribution is 2.17. The van der Waals surface area contributed by atoms with Crippen LogP contribution in [0.15, 0.2) is 35.3 Å². The van der Waals surface area contributed by atoms with E-state index in [1.165, 1.54) is 10.9 Å². The maximum atomic E-state index is 11.8. The van der Waals surface area contributed by atoms with Crippen LogP contribution in [0.3, 0.4) is 0 Å². The maximum absolute atomic E-state index is 11.8. The van der Waals surface area contributed by atoms with Crippen molar-refractivity contribution in [1.29, 1.82) is 0 Å². The lowest BCUT2D eigenvalue weighted by atomic mass is 10.2. The Morgan fingerprint density at radius 1 is 1.25 bits per heavy atom. The summed E-state index contributed by atoms with van der Waals surface area (Å²) in [6.45, 7) is 1.89. The van der Waals surface area contributed by atoms with Crippen molar-refractivity contribution in [2.45, 2.75) is 6.92 Å². The molecule has 82 valence electrons. The summed E-state index contributed by atoms with van der Waals surface area (Å²) in [5.74, 6) is 0. The fourth-order valence-corrected chi connectivity index (χ4v) is 1.64. The molecule has 0 saturated heterocycles. The average molecular weight is 255 g/mol. The van der Waals surface area contributed by atoms with Crippen LogP contribution in [0.1, 0.15) is 5.56 Å². The SMILES string of the molecule is Cc1ccccc1-n1ncc(Cl)c(Cl)c1=O. The van der Waals surface area contributed by atoms with E-state index >= 15 is 0 Å². The van der Waals surface area contributed by atoms with Crippen LogP contribution in [0.2, 0.25) is 10.0 Å². The molecule has 0 aliphatic heterocycles. The van der Waals surface area contributed by atoms with Gasteiger partial charge in [-0.1, -0.05) is 41.4 Å². The fraction of sp³-hybridized carbons (Fsp3) is 0.0909. The fourth-order valence-electron chi connectivity index (χ4n) is 1.39. The summed E-state index contributed by atoms with van der Waals surface area (Å²) in [4.78, 5) is 11.8. The van der Waals surface area contributed by atoms with Gasteiger partial charge in [0, 0.05) is 0 Å². The van der Waals surface area contributed by atoms with Gasteiger partial charge in [0.2, 0.25) is 0 Å². The van der Waals surface area contributed by atoms with Crippen LogP contribution in [0, 0.1) is 6.92 Å². The van der Waals surface area contributed by atoms with Gasteiger partial charge in [0.15, 0.2) is 0 Å². The molecule has 1 aromatic heterocycles. The second-order valence-corrected chi connectivity index (χ2v) is 4.10. The Kier molecular flexibility index (Phi) is 2.99. The molecule has 0 spiro atoms. The third kappa shape index (κ3) is 1.84. The van der Waals surface area contributed by atoms with E-state index in [1.54, 1.807) is 6.07 Å². The molecule has 0 unspecified atom stereocenters. The van der Waals surface area contributed by atoms with Crippen LogP contribution in [-0.4, -0.2) is 9.78 Å². The highest BCUT2D eigenvalue weighted by Gasteiger charge is 2.09. The van der Waals surface area contributed by atoms with Gasteiger partial charge in [0.05, 0.1) is 16.9 Å². The molecule has 5 heteroatoms. The van der Waals surface area contributed by atoms with Crippen molar-refractivity contribution in [3.63, 3.8) is 0 Å². The first-order valence-corrected chi connectivity index (χ1v) is 5.36. The minimum Gasteiger partial charge on any atom is -0.266 e. The molecule has 1 heterocycles. The summed E-state index contributed by atoms with van der Waals surface area (Å²) >= 11 is 11.5. The molecule has 2 rings (SSSR count). The number of hydrogen-bond donors (Lipinski definition) is 0. The van der Waals surface area contributed by atoms with Gasteiger partial charge >= 0.3 is 0 Å².